The Morgan fingerprint density at radius 1 is 1.14 bits per heavy atom. The molecule has 1 atom stereocenters. The minimum absolute atomic E-state index is 0.00910. The summed E-state index contributed by atoms with van der Waals surface area (Å²) >= 11 is 0. The molecule has 21 heavy (non-hydrogen) atoms. The quantitative estimate of drug-likeness (QED) is 0.647. The number of carbonyl (C=O) groups excluding carboxylic acids is 1. The monoisotopic (exact) mass is 290 g/mol. The number of amides is 1. The van der Waals surface area contributed by atoms with E-state index in [0.29, 0.717) is 6.54 Å². The molecule has 0 bridgehead atoms. The Morgan fingerprint density at radius 2 is 1.86 bits per heavy atom. The summed E-state index contributed by atoms with van der Waals surface area (Å²) in [6.07, 6.45) is 5.10. The second kappa shape index (κ2) is 10.4. The van der Waals surface area contributed by atoms with Crippen LogP contribution in [0, 0.1) is 12.8 Å². The lowest BCUT2D eigenvalue weighted by molar-refractivity contribution is 0.0954. The molecule has 1 rings (SSSR count). The van der Waals surface area contributed by atoms with Crippen molar-refractivity contribution in [1.82, 2.24) is 10.6 Å². The first kappa shape index (κ1) is 17.7. The Bertz CT molecular complexity index is 400. The van der Waals surface area contributed by atoms with E-state index >= 15 is 0 Å². The Balaban J connectivity index is 2.15. The van der Waals surface area contributed by atoms with Crippen LogP contribution >= 0.6 is 0 Å². The summed E-state index contributed by atoms with van der Waals surface area (Å²) in [6.45, 7) is 9.07. The van der Waals surface area contributed by atoms with Crippen LogP contribution < -0.4 is 10.6 Å². The maximum Gasteiger partial charge on any atom is 0.251 e. The molecule has 1 amide bonds. The minimum Gasteiger partial charge on any atom is -0.351 e. The standard InChI is InChI=1S/C18H30N2O/c1-4-6-7-16(5-2)14-19-12-13-20-18(21)17-10-8-15(3)9-11-17/h8-11,16,19H,4-7,12-14H2,1-3H3,(H,20,21). The topological polar surface area (TPSA) is 41.1 Å². The number of rotatable bonds is 10. The molecule has 118 valence electrons. The van der Waals surface area contributed by atoms with Crippen LogP contribution in [0.25, 0.3) is 0 Å². The van der Waals surface area contributed by atoms with Gasteiger partial charge in [0.1, 0.15) is 0 Å². The number of unbranched alkanes of at least 4 members (excludes halogenated alkanes) is 1. The van der Waals surface area contributed by atoms with E-state index in [0.717, 1.165) is 24.6 Å². The molecule has 0 saturated carbocycles. The van der Waals surface area contributed by atoms with Crippen LogP contribution in [0.2, 0.25) is 0 Å². The van der Waals surface area contributed by atoms with Gasteiger partial charge in [0.2, 0.25) is 0 Å². The number of nitrogens with one attached hydrogen (secondary N) is 2. The van der Waals surface area contributed by atoms with Gasteiger partial charge in [-0.3, -0.25) is 4.79 Å². The smallest absolute Gasteiger partial charge is 0.251 e. The Kier molecular flexibility index (Phi) is 8.76. The van der Waals surface area contributed by atoms with Gasteiger partial charge in [0.25, 0.3) is 5.91 Å². The predicted octanol–water partition coefficient (Wildman–Crippen LogP) is 3.53. The van der Waals surface area contributed by atoms with Gasteiger partial charge in [0.05, 0.1) is 0 Å². The number of aryl methyl sites for hydroxylation is 1. The average molecular weight is 290 g/mol. The molecule has 2 N–H and O–H groups in total. The molecule has 0 spiro atoms. The molecule has 0 aliphatic heterocycles. The molecule has 0 aromatic heterocycles. The number of carbonyl (C=O) groups is 1. The normalized spacial score (nSPS) is 12.1. The molecule has 1 aromatic carbocycles. The van der Waals surface area contributed by atoms with Gasteiger partial charge < -0.3 is 10.6 Å². The highest BCUT2D eigenvalue weighted by Crippen LogP contribution is 2.10. The third-order valence-corrected chi connectivity index (χ3v) is 3.88. The third-order valence-electron chi connectivity index (χ3n) is 3.88. The zero-order valence-corrected chi connectivity index (χ0v) is 13.7. The van der Waals surface area contributed by atoms with Crippen LogP contribution in [0.3, 0.4) is 0 Å². The van der Waals surface area contributed by atoms with Crippen molar-refractivity contribution in [3.8, 4) is 0 Å². The summed E-state index contributed by atoms with van der Waals surface area (Å²) in [4.78, 5) is 11.9. The first-order valence-electron chi connectivity index (χ1n) is 8.23. The van der Waals surface area contributed by atoms with Crippen LogP contribution in [0.15, 0.2) is 24.3 Å². The van der Waals surface area contributed by atoms with Crippen LogP contribution in [0.5, 0.6) is 0 Å². The minimum atomic E-state index is 0.00910. The van der Waals surface area contributed by atoms with Gasteiger partial charge in [0.15, 0.2) is 0 Å². The summed E-state index contributed by atoms with van der Waals surface area (Å²) in [5.74, 6) is 0.771. The van der Waals surface area contributed by atoms with E-state index in [4.69, 9.17) is 0 Å². The Morgan fingerprint density at radius 3 is 2.48 bits per heavy atom. The summed E-state index contributed by atoms with van der Waals surface area (Å²) < 4.78 is 0. The fourth-order valence-electron chi connectivity index (χ4n) is 2.32. The van der Waals surface area contributed by atoms with Crippen molar-refractivity contribution in [3.05, 3.63) is 35.4 Å². The van der Waals surface area contributed by atoms with Gasteiger partial charge in [-0.05, 0) is 37.9 Å². The first-order valence-corrected chi connectivity index (χ1v) is 8.23. The molecule has 0 aliphatic carbocycles. The van der Waals surface area contributed by atoms with Crippen molar-refractivity contribution < 1.29 is 4.79 Å². The van der Waals surface area contributed by atoms with Crippen LogP contribution in [-0.4, -0.2) is 25.5 Å². The molecule has 3 nitrogen and oxygen atoms in total. The number of hydrogen-bond donors (Lipinski definition) is 2. The third kappa shape index (κ3) is 7.28. The lowest BCUT2D eigenvalue weighted by Crippen LogP contribution is -2.33. The lowest BCUT2D eigenvalue weighted by Gasteiger charge is -2.15. The average Bonchev–Trinajstić information content (AvgIpc) is 2.50. The van der Waals surface area contributed by atoms with E-state index in [1.54, 1.807) is 0 Å². The van der Waals surface area contributed by atoms with E-state index in [1.807, 2.05) is 31.2 Å². The van der Waals surface area contributed by atoms with Crippen molar-refractivity contribution in [1.29, 1.82) is 0 Å². The maximum absolute atomic E-state index is 11.9. The van der Waals surface area contributed by atoms with E-state index < -0.39 is 0 Å². The SMILES string of the molecule is CCCCC(CC)CNCCNC(=O)c1ccc(C)cc1. The Labute approximate surface area is 129 Å². The van der Waals surface area contributed by atoms with Crippen LogP contribution in [-0.2, 0) is 0 Å². The predicted molar refractivity (Wildman–Crippen MR) is 89.7 cm³/mol. The van der Waals surface area contributed by atoms with E-state index in [2.05, 4.69) is 24.5 Å². The zero-order chi connectivity index (χ0) is 15.5. The van der Waals surface area contributed by atoms with Gasteiger partial charge in [-0.15, -0.1) is 0 Å². The lowest BCUT2D eigenvalue weighted by atomic mass is 9.99. The van der Waals surface area contributed by atoms with Gasteiger partial charge in [-0.2, -0.15) is 0 Å². The zero-order valence-electron chi connectivity index (χ0n) is 13.7. The molecule has 0 fully saturated rings. The van der Waals surface area contributed by atoms with Crippen molar-refractivity contribution in [3.63, 3.8) is 0 Å². The molecular weight excluding hydrogens is 260 g/mol. The van der Waals surface area contributed by atoms with Gasteiger partial charge in [-0.1, -0.05) is 50.8 Å². The van der Waals surface area contributed by atoms with Crippen molar-refractivity contribution >= 4 is 5.91 Å². The summed E-state index contributed by atoms with van der Waals surface area (Å²) in [6, 6.07) is 7.67. The fourth-order valence-corrected chi connectivity index (χ4v) is 2.32. The maximum atomic E-state index is 11.9. The highest BCUT2D eigenvalue weighted by atomic mass is 16.1. The van der Waals surface area contributed by atoms with Crippen molar-refractivity contribution in [2.75, 3.05) is 19.6 Å². The molecule has 0 radical (unpaired) electrons. The van der Waals surface area contributed by atoms with E-state index in [9.17, 15) is 4.79 Å². The molecule has 0 heterocycles. The largest absolute Gasteiger partial charge is 0.351 e. The van der Waals surface area contributed by atoms with Gasteiger partial charge >= 0.3 is 0 Å². The second-order valence-electron chi connectivity index (χ2n) is 5.74. The highest BCUT2D eigenvalue weighted by Gasteiger charge is 2.06. The van der Waals surface area contributed by atoms with Gasteiger partial charge in [0, 0.05) is 18.7 Å². The fraction of sp³-hybridized carbons (Fsp3) is 0.611. The molecule has 3 heteroatoms. The van der Waals surface area contributed by atoms with Crippen molar-refractivity contribution in [2.24, 2.45) is 5.92 Å². The van der Waals surface area contributed by atoms with E-state index in [1.165, 1.54) is 31.2 Å². The Hall–Kier alpha value is -1.35. The molecule has 0 aliphatic rings. The summed E-state index contributed by atoms with van der Waals surface area (Å²) in [7, 11) is 0. The molecule has 1 unspecified atom stereocenters. The van der Waals surface area contributed by atoms with Crippen LogP contribution in [0.1, 0.15) is 55.5 Å². The first-order chi connectivity index (χ1) is 10.2. The molecule has 1 aromatic rings. The number of benzene rings is 1. The summed E-state index contributed by atoms with van der Waals surface area (Å²) in [5, 5.41) is 6.40. The molecular formula is C18H30N2O. The van der Waals surface area contributed by atoms with Crippen LogP contribution in [0.4, 0.5) is 0 Å². The second-order valence-corrected chi connectivity index (χ2v) is 5.74. The van der Waals surface area contributed by atoms with Crippen molar-refractivity contribution in [2.45, 2.75) is 46.5 Å². The van der Waals surface area contributed by atoms with Gasteiger partial charge in [-0.25, -0.2) is 0 Å². The van der Waals surface area contributed by atoms with E-state index in [-0.39, 0.29) is 5.91 Å². The molecule has 0 saturated heterocycles. The summed E-state index contributed by atoms with van der Waals surface area (Å²) in [5.41, 5.74) is 1.90. The highest BCUT2D eigenvalue weighted by molar-refractivity contribution is 5.94. The number of hydrogen-bond acceptors (Lipinski definition) is 2.